The molecule has 0 unspecified atom stereocenters. The quantitative estimate of drug-likeness (QED) is 0.831. The van der Waals surface area contributed by atoms with Gasteiger partial charge in [0.1, 0.15) is 0 Å². The molecule has 2 N–H and O–H groups in total. The summed E-state index contributed by atoms with van der Waals surface area (Å²) in [5.74, 6) is -0.370. The van der Waals surface area contributed by atoms with Gasteiger partial charge in [-0.2, -0.15) is 0 Å². The lowest BCUT2D eigenvalue weighted by molar-refractivity contribution is 0.387. The summed E-state index contributed by atoms with van der Waals surface area (Å²) in [4.78, 5) is 0. The van der Waals surface area contributed by atoms with Gasteiger partial charge in [0.2, 0.25) is 0 Å². The smallest absolute Gasteiger partial charge is 0.172 e. The van der Waals surface area contributed by atoms with Crippen LogP contribution in [-0.4, -0.2) is 7.11 Å². The number of nitrogen functional groups attached to an aromatic ring is 1. The molecule has 0 atom stereocenters. The Morgan fingerprint density at radius 3 is 2.33 bits per heavy atom. The van der Waals surface area contributed by atoms with Crippen LogP contribution in [0, 0.1) is 5.82 Å². The number of ether oxygens (including phenoxy) is 1. The van der Waals surface area contributed by atoms with Crippen molar-refractivity contribution in [1.29, 1.82) is 0 Å². The Kier molecular flexibility index (Phi) is 3.64. The number of methoxy groups -OCH3 is 1. The molecule has 94 valence electrons. The Balaban J connectivity index is 2.70. The van der Waals surface area contributed by atoms with Crippen LogP contribution in [0.1, 0.15) is 0 Å². The molecule has 0 aliphatic heterocycles. The predicted octanol–water partition coefficient (Wildman–Crippen LogP) is 4.39. The van der Waals surface area contributed by atoms with E-state index in [0.717, 1.165) is 0 Å². The lowest BCUT2D eigenvalue weighted by Gasteiger charge is -2.11. The number of benzene rings is 2. The lowest BCUT2D eigenvalue weighted by Crippen LogP contribution is -1.93. The molecule has 0 radical (unpaired) electrons. The van der Waals surface area contributed by atoms with Crippen molar-refractivity contribution < 1.29 is 9.13 Å². The number of nitrogens with two attached hydrogens (primary N) is 1. The van der Waals surface area contributed by atoms with E-state index in [1.165, 1.54) is 25.3 Å². The summed E-state index contributed by atoms with van der Waals surface area (Å²) in [6, 6.07) is 7.84. The SMILES string of the molecule is COc1cccc(-c2c(Cl)cc(N)cc2Cl)c1F. The lowest BCUT2D eigenvalue weighted by atomic mass is 10.0. The second-order valence-electron chi connectivity index (χ2n) is 3.68. The van der Waals surface area contributed by atoms with Crippen molar-refractivity contribution >= 4 is 28.9 Å². The third-order valence-corrected chi connectivity index (χ3v) is 3.11. The molecule has 0 bridgehead atoms. The van der Waals surface area contributed by atoms with E-state index in [-0.39, 0.29) is 11.3 Å². The molecule has 0 saturated carbocycles. The van der Waals surface area contributed by atoms with Crippen LogP contribution in [0.15, 0.2) is 30.3 Å². The van der Waals surface area contributed by atoms with Gasteiger partial charge in [0.25, 0.3) is 0 Å². The van der Waals surface area contributed by atoms with Crippen LogP contribution in [0.2, 0.25) is 10.0 Å². The number of halogens is 3. The topological polar surface area (TPSA) is 35.2 Å². The first-order chi connectivity index (χ1) is 8.54. The van der Waals surface area contributed by atoms with Crippen molar-refractivity contribution in [2.45, 2.75) is 0 Å². The molecule has 0 aromatic heterocycles. The molecule has 0 amide bonds. The summed E-state index contributed by atoms with van der Waals surface area (Å²) in [5, 5.41) is 0.597. The fourth-order valence-electron chi connectivity index (χ4n) is 1.71. The maximum atomic E-state index is 14.1. The average molecular weight is 286 g/mol. The first kappa shape index (κ1) is 13.0. The largest absolute Gasteiger partial charge is 0.494 e. The summed E-state index contributed by atoms with van der Waals surface area (Å²) in [7, 11) is 1.40. The highest BCUT2D eigenvalue weighted by Crippen LogP contribution is 2.39. The van der Waals surface area contributed by atoms with Crippen LogP contribution < -0.4 is 10.5 Å². The Labute approximate surface area is 114 Å². The molecule has 2 nitrogen and oxygen atoms in total. The highest BCUT2D eigenvalue weighted by molar-refractivity contribution is 6.39. The Hall–Kier alpha value is -1.45. The summed E-state index contributed by atoms with van der Waals surface area (Å²) in [6.45, 7) is 0. The molecule has 0 aliphatic carbocycles. The van der Waals surface area contributed by atoms with Crippen molar-refractivity contribution in [1.82, 2.24) is 0 Å². The molecule has 18 heavy (non-hydrogen) atoms. The van der Waals surface area contributed by atoms with Crippen molar-refractivity contribution in [2.75, 3.05) is 12.8 Å². The predicted molar refractivity (Wildman–Crippen MR) is 72.8 cm³/mol. The maximum Gasteiger partial charge on any atom is 0.172 e. The van der Waals surface area contributed by atoms with E-state index in [1.807, 2.05) is 0 Å². The highest BCUT2D eigenvalue weighted by atomic mass is 35.5. The minimum atomic E-state index is -0.506. The second-order valence-corrected chi connectivity index (χ2v) is 4.50. The minimum Gasteiger partial charge on any atom is -0.494 e. The van der Waals surface area contributed by atoms with Crippen LogP contribution >= 0.6 is 23.2 Å². The first-order valence-corrected chi connectivity index (χ1v) is 5.87. The van der Waals surface area contributed by atoms with Gasteiger partial charge in [0.05, 0.1) is 17.2 Å². The zero-order valence-corrected chi connectivity index (χ0v) is 11.0. The molecule has 2 rings (SSSR count). The molecular formula is C13H10Cl2FNO. The highest BCUT2D eigenvalue weighted by Gasteiger charge is 2.16. The third-order valence-electron chi connectivity index (χ3n) is 2.52. The zero-order valence-electron chi connectivity index (χ0n) is 9.51. The standard InChI is InChI=1S/C13H10Cl2FNO/c1-18-11-4-2-3-8(13(11)16)12-9(14)5-7(17)6-10(12)15/h2-6H,17H2,1H3. The van der Waals surface area contributed by atoms with E-state index >= 15 is 0 Å². The van der Waals surface area contributed by atoms with Crippen molar-refractivity contribution in [2.24, 2.45) is 0 Å². The Bertz CT molecular complexity index is 579. The molecule has 0 fully saturated rings. The average Bonchev–Trinajstić information content (AvgIpc) is 2.30. The molecular weight excluding hydrogens is 276 g/mol. The van der Waals surface area contributed by atoms with Gasteiger partial charge in [-0.1, -0.05) is 35.3 Å². The Morgan fingerprint density at radius 1 is 1.17 bits per heavy atom. The summed E-state index contributed by atoms with van der Waals surface area (Å²) < 4.78 is 19.1. The summed E-state index contributed by atoms with van der Waals surface area (Å²) in [5.41, 5.74) is 6.73. The molecule has 0 heterocycles. The van der Waals surface area contributed by atoms with E-state index in [1.54, 1.807) is 12.1 Å². The number of hydrogen-bond acceptors (Lipinski definition) is 2. The molecule has 5 heteroatoms. The van der Waals surface area contributed by atoms with E-state index < -0.39 is 5.82 Å². The van der Waals surface area contributed by atoms with Gasteiger partial charge in [-0.05, 0) is 18.2 Å². The monoisotopic (exact) mass is 285 g/mol. The second kappa shape index (κ2) is 5.04. The molecule has 0 aliphatic rings. The van der Waals surface area contributed by atoms with Crippen LogP contribution in [0.25, 0.3) is 11.1 Å². The fraction of sp³-hybridized carbons (Fsp3) is 0.0769. The van der Waals surface area contributed by atoms with Gasteiger partial charge in [-0.25, -0.2) is 4.39 Å². The normalized spacial score (nSPS) is 10.4. The Morgan fingerprint density at radius 2 is 1.78 bits per heavy atom. The number of hydrogen-bond donors (Lipinski definition) is 1. The zero-order chi connectivity index (χ0) is 13.3. The van der Waals surface area contributed by atoms with Crippen LogP contribution in [0.3, 0.4) is 0 Å². The number of anilines is 1. The summed E-state index contributed by atoms with van der Waals surface area (Å²) >= 11 is 12.1. The van der Waals surface area contributed by atoms with Crippen molar-refractivity contribution in [3.8, 4) is 16.9 Å². The van der Waals surface area contributed by atoms with E-state index in [0.29, 0.717) is 21.3 Å². The molecule has 0 saturated heterocycles. The van der Waals surface area contributed by atoms with Gasteiger partial charge in [-0.3, -0.25) is 0 Å². The third kappa shape index (κ3) is 2.24. The van der Waals surface area contributed by atoms with E-state index in [9.17, 15) is 4.39 Å². The van der Waals surface area contributed by atoms with Crippen LogP contribution in [0.4, 0.5) is 10.1 Å². The molecule has 2 aromatic carbocycles. The molecule has 2 aromatic rings. The molecule has 0 spiro atoms. The van der Waals surface area contributed by atoms with Crippen LogP contribution in [-0.2, 0) is 0 Å². The van der Waals surface area contributed by atoms with Gasteiger partial charge in [-0.15, -0.1) is 0 Å². The van der Waals surface area contributed by atoms with Crippen molar-refractivity contribution in [3.63, 3.8) is 0 Å². The van der Waals surface area contributed by atoms with Gasteiger partial charge >= 0.3 is 0 Å². The number of rotatable bonds is 2. The van der Waals surface area contributed by atoms with Crippen molar-refractivity contribution in [3.05, 3.63) is 46.2 Å². The van der Waals surface area contributed by atoms with Gasteiger partial charge in [0, 0.05) is 16.8 Å². The summed E-state index contributed by atoms with van der Waals surface area (Å²) in [6.07, 6.45) is 0. The van der Waals surface area contributed by atoms with E-state index in [2.05, 4.69) is 0 Å². The minimum absolute atomic E-state index is 0.136. The van der Waals surface area contributed by atoms with Crippen LogP contribution in [0.5, 0.6) is 5.75 Å². The maximum absolute atomic E-state index is 14.1. The first-order valence-electron chi connectivity index (χ1n) is 5.12. The fourth-order valence-corrected chi connectivity index (χ4v) is 2.42. The van der Waals surface area contributed by atoms with Gasteiger partial charge < -0.3 is 10.5 Å². The van der Waals surface area contributed by atoms with Gasteiger partial charge in [0.15, 0.2) is 11.6 Å². The van der Waals surface area contributed by atoms with E-state index in [4.69, 9.17) is 33.7 Å².